The lowest BCUT2D eigenvalue weighted by molar-refractivity contribution is 1.18. The average Bonchev–Trinajstić information content (AvgIpc) is 3.52. The van der Waals surface area contributed by atoms with Crippen LogP contribution in [0.2, 0.25) is 0 Å². The van der Waals surface area contributed by atoms with Crippen LogP contribution in [-0.2, 0) is 0 Å². The van der Waals surface area contributed by atoms with Gasteiger partial charge in [0.1, 0.15) is 0 Å². The molecule has 1 heterocycles. The second-order valence-electron chi connectivity index (χ2n) is 12.3. The zero-order valence-corrected chi connectivity index (χ0v) is 28.0. The van der Waals surface area contributed by atoms with Crippen LogP contribution in [0.4, 0.5) is 0 Å². The van der Waals surface area contributed by atoms with Crippen LogP contribution in [0.15, 0.2) is 170 Å². The molecule has 0 aliphatic rings. The molecule has 7 aromatic carbocycles. The lowest BCUT2D eigenvalue weighted by Gasteiger charge is -2.36. The monoisotopic (exact) mass is 652 g/mol. The smallest absolute Gasteiger partial charge is 0.180 e. The van der Waals surface area contributed by atoms with Crippen molar-refractivity contribution in [2.45, 2.75) is 0 Å². The molecule has 0 saturated heterocycles. The third-order valence-electron chi connectivity index (χ3n) is 9.65. The van der Waals surface area contributed by atoms with Crippen LogP contribution < -0.4 is 20.7 Å². The van der Waals surface area contributed by atoms with Crippen molar-refractivity contribution in [2.24, 2.45) is 0 Å². The summed E-state index contributed by atoms with van der Waals surface area (Å²) in [6, 6.07) is 65.4. The predicted molar refractivity (Wildman–Crippen MR) is 204 cm³/mol. The molecule has 0 fully saturated rings. The van der Waals surface area contributed by atoms with Gasteiger partial charge in [0.25, 0.3) is 0 Å². The van der Waals surface area contributed by atoms with Gasteiger partial charge >= 0.3 is 0 Å². The van der Waals surface area contributed by atoms with Crippen molar-refractivity contribution in [3.05, 3.63) is 187 Å². The Bertz CT molecular complexity index is 2560. The molecule has 8 rings (SSSR count). The van der Waals surface area contributed by atoms with E-state index in [1.54, 1.807) is 0 Å². The Hall–Kier alpha value is -6.97. The number of aromatic nitrogens is 1. The molecule has 232 valence electrons. The number of nitrogens with zero attached hydrogens (tertiary/aromatic N) is 4. The first-order valence-electron chi connectivity index (χ1n) is 16.4. The standard InChI is InChI=1S/C45H28N4Si/c46-29-32-19-23-37(24-20-32)50(35-11-3-1-4-12-35,36-13-5-2-6-14-36)45-18-10-8-16-39(45)38-15-7-9-17-42(38)49-43-25-21-33(30-47)27-40(43)41-28-34(31-48)22-26-44(41)49/h1-28H. The van der Waals surface area contributed by atoms with Gasteiger partial charge in [-0.25, -0.2) is 0 Å². The number of hydrogen-bond donors (Lipinski definition) is 0. The minimum atomic E-state index is -2.99. The Morgan fingerprint density at radius 2 is 0.840 bits per heavy atom. The van der Waals surface area contributed by atoms with E-state index in [1.165, 1.54) is 20.7 Å². The van der Waals surface area contributed by atoms with Crippen LogP contribution in [0.25, 0.3) is 38.6 Å². The van der Waals surface area contributed by atoms with Gasteiger partial charge < -0.3 is 4.57 Å². The molecule has 0 saturated carbocycles. The van der Waals surface area contributed by atoms with Crippen LogP contribution in [0.5, 0.6) is 0 Å². The highest BCUT2D eigenvalue weighted by Gasteiger charge is 2.43. The summed E-state index contributed by atoms with van der Waals surface area (Å²) in [7, 11) is -2.99. The topological polar surface area (TPSA) is 76.3 Å². The molecule has 0 aliphatic heterocycles. The van der Waals surface area contributed by atoms with Gasteiger partial charge in [-0.15, -0.1) is 0 Å². The zero-order valence-electron chi connectivity index (χ0n) is 27.0. The van der Waals surface area contributed by atoms with E-state index >= 15 is 0 Å². The van der Waals surface area contributed by atoms with Crippen molar-refractivity contribution in [1.82, 2.24) is 4.57 Å². The number of rotatable bonds is 6. The van der Waals surface area contributed by atoms with Crippen LogP contribution >= 0.6 is 0 Å². The first kappa shape index (κ1) is 30.4. The summed E-state index contributed by atoms with van der Waals surface area (Å²) < 4.78 is 2.26. The third-order valence-corrected chi connectivity index (χ3v) is 14.5. The largest absolute Gasteiger partial charge is 0.309 e. The molecule has 0 N–H and O–H groups in total. The predicted octanol–water partition coefficient (Wildman–Crippen LogP) is 7.44. The molecule has 0 bridgehead atoms. The Labute approximate surface area is 291 Å². The fraction of sp³-hybridized carbons (Fsp3) is 0. The first-order chi connectivity index (χ1) is 24.7. The molecule has 0 spiro atoms. The first-order valence-corrected chi connectivity index (χ1v) is 18.4. The lowest BCUT2D eigenvalue weighted by atomic mass is 10.0. The maximum absolute atomic E-state index is 9.78. The number of benzene rings is 7. The quantitative estimate of drug-likeness (QED) is 0.138. The fourth-order valence-electron chi connectivity index (χ4n) is 7.50. The van der Waals surface area contributed by atoms with Crippen molar-refractivity contribution in [3.8, 4) is 35.0 Å². The molecule has 0 atom stereocenters. The van der Waals surface area contributed by atoms with Crippen LogP contribution in [0, 0.1) is 34.0 Å². The van der Waals surface area contributed by atoms with E-state index in [-0.39, 0.29) is 0 Å². The molecule has 0 radical (unpaired) electrons. The van der Waals surface area contributed by atoms with E-state index in [9.17, 15) is 15.8 Å². The molecule has 0 aliphatic carbocycles. The van der Waals surface area contributed by atoms with Gasteiger partial charge in [-0.2, -0.15) is 15.8 Å². The Kier molecular flexibility index (Phi) is 7.63. The SMILES string of the molecule is N#Cc1ccc([Si](c2ccccc2)(c2ccccc2)c2ccccc2-c2ccccc2-n2c3ccc(C#N)cc3c3cc(C#N)ccc32)cc1. The van der Waals surface area contributed by atoms with Crippen molar-refractivity contribution in [2.75, 3.05) is 0 Å². The molecule has 50 heavy (non-hydrogen) atoms. The molecule has 1 aromatic heterocycles. The number of fused-ring (bicyclic) bond motifs is 3. The second-order valence-corrected chi connectivity index (χ2v) is 16.0. The van der Waals surface area contributed by atoms with Gasteiger partial charge in [-0.3, -0.25) is 0 Å². The van der Waals surface area contributed by atoms with E-state index in [0.29, 0.717) is 16.7 Å². The summed E-state index contributed by atoms with van der Waals surface area (Å²) in [5.41, 5.74) is 6.86. The molecule has 4 nitrogen and oxygen atoms in total. The van der Waals surface area contributed by atoms with Gasteiger partial charge in [0, 0.05) is 16.3 Å². The fourth-order valence-corrected chi connectivity index (χ4v) is 12.5. The van der Waals surface area contributed by atoms with E-state index in [4.69, 9.17) is 0 Å². The number of para-hydroxylation sites is 1. The van der Waals surface area contributed by atoms with E-state index in [2.05, 4.69) is 144 Å². The van der Waals surface area contributed by atoms with Crippen LogP contribution in [0.1, 0.15) is 16.7 Å². The molecule has 8 aromatic rings. The lowest BCUT2D eigenvalue weighted by Crippen LogP contribution is -2.75. The highest BCUT2D eigenvalue weighted by molar-refractivity contribution is 7.20. The van der Waals surface area contributed by atoms with Gasteiger partial charge in [0.2, 0.25) is 0 Å². The second kappa shape index (κ2) is 12.6. The van der Waals surface area contributed by atoms with Gasteiger partial charge in [0.15, 0.2) is 8.07 Å². The highest BCUT2D eigenvalue weighted by atomic mass is 28.3. The minimum Gasteiger partial charge on any atom is -0.309 e. The summed E-state index contributed by atoms with van der Waals surface area (Å²) >= 11 is 0. The van der Waals surface area contributed by atoms with Crippen molar-refractivity contribution < 1.29 is 0 Å². The Morgan fingerprint density at radius 3 is 1.38 bits per heavy atom. The Balaban J connectivity index is 1.48. The van der Waals surface area contributed by atoms with E-state index in [0.717, 1.165) is 38.6 Å². The molecule has 0 amide bonds. The van der Waals surface area contributed by atoms with E-state index < -0.39 is 8.07 Å². The van der Waals surface area contributed by atoms with Crippen LogP contribution in [0.3, 0.4) is 0 Å². The van der Waals surface area contributed by atoms with E-state index in [1.807, 2.05) is 48.5 Å². The van der Waals surface area contributed by atoms with Gasteiger partial charge in [0.05, 0.1) is 51.6 Å². The molecular formula is C45H28N4Si. The molecule has 0 unspecified atom stereocenters. The molecule has 5 heteroatoms. The number of nitriles is 3. The summed E-state index contributed by atoms with van der Waals surface area (Å²) in [6.45, 7) is 0. The van der Waals surface area contributed by atoms with Crippen LogP contribution in [-0.4, -0.2) is 12.6 Å². The maximum Gasteiger partial charge on any atom is 0.180 e. The Morgan fingerprint density at radius 1 is 0.400 bits per heavy atom. The molecular weight excluding hydrogens is 625 g/mol. The average molecular weight is 653 g/mol. The third kappa shape index (κ3) is 4.80. The van der Waals surface area contributed by atoms with Gasteiger partial charge in [-0.1, -0.05) is 115 Å². The number of hydrogen-bond acceptors (Lipinski definition) is 3. The maximum atomic E-state index is 9.78. The zero-order chi connectivity index (χ0) is 34.1. The van der Waals surface area contributed by atoms with Crippen molar-refractivity contribution >= 4 is 50.6 Å². The highest BCUT2D eigenvalue weighted by Crippen LogP contribution is 2.37. The van der Waals surface area contributed by atoms with Gasteiger partial charge in [-0.05, 0) is 80.9 Å². The summed E-state index contributed by atoms with van der Waals surface area (Å²) in [5.74, 6) is 0. The van der Waals surface area contributed by atoms with Crippen molar-refractivity contribution in [1.29, 1.82) is 15.8 Å². The van der Waals surface area contributed by atoms with Crippen molar-refractivity contribution in [3.63, 3.8) is 0 Å². The summed E-state index contributed by atoms with van der Waals surface area (Å²) in [5, 5.41) is 36.0. The minimum absolute atomic E-state index is 0.571. The normalized spacial score (nSPS) is 11.1. The summed E-state index contributed by atoms with van der Waals surface area (Å²) in [6.07, 6.45) is 0. The summed E-state index contributed by atoms with van der Waals surface area (Å²) in [4.78, 5) is 0.